The monoisotopic (exact) mass is 308 g/mol. The van der Waals surface area contributed by atoms with Gasteiger partial charge in [-0.2, -0.15) is 0 Å². The fourth-order valence-corrected chi connectivity index (χ4v) is 1.84. The van der Waals surface area contributed by atoms with Crippen LogP contribution in [-0.4, -0.2) is 5.78 Å². The topological polar surface area (TPSA) is 26.3 Å². The standard InChI is InChI=1S/C14H10BrFO2/c1-9(17)10-5-6-14(13(16)7-10)18-12-4-2-3-11(15)8-12/h2-8H,1H3. The summed E-state index contributed by atoms with van der Waals surface area (Å²) in [5.41, 5.74) is 0.328. The molecule has 2 nitrogen and oxygen atoms in total. The van der Waals surface area contributed by atoms with Crippen molar-refractivity contribution in [2.45, 2.75) is 6.92 Å². The second-order valence-electron chi connectivity index (χ2n) is 3.76. The molecule has 0 N–H and O–H groups in total. The molecule has 0 fully saturated rings. The maximum atomic E-state index is 13.7. The van der Waals surface area contributed by atoms with Crippen molar-refractivity contribution >= 4 is 21.7 Å². The maximum Gasteiger partial charge on any atom is 0.166 e. The Bertz CT molecular complexity index is 596. The SMILES string of the molecule is CC(=O)c1ccc(Oc2cccc(Br)c2)c(F)c1. The van der Waals surface area contributed by atoms with Crippen molar-refractivity contribution in [3.05, 3.63) is 58.3 Å². The van der Waals surface area contributed by atoms with Crippen LogP contribution in [0.15, 0.2) is 46.9 Å². The van der Waals surface area contributed by atoms with Gasteiger partial charge in [0.05, 0.1) is 0 Å². The molecule has 92 valence electrons. The molecule has 0 radical (unpaired) electrons. The zero-order chi connectivity index (χ0) is 13.1. The van der Waals surface area contributed by atoms with Crippen LogP contribution in [0, 0.1) is 5.82 Å². The molecule has 0 aliphatic heterocycles. The third kappa shape index (κ3) is 2.96. The summed E-state index contributed by atoms with van der Waals surface area (Å²) >= 11 is 3.31. The van der Waals surface area contributed by atoms with Gasteiger partial charge in [-0.1, -0.05) is 22.0 Å². The van der Waals surface area contributed by atoms with Crippen molar-refractivity contribution in [3.8, 4) is 11.5 Å². The van der Waals surface area contributed by atoms with Crippen molar-refractivity contribution in [3.63, 3.8) is 0 Å². The first-order valence-corrected chi connectivity index (χ1v) is 6.09. The molecule has 0 unspecified atom stereocenters. The Balaban J connectivity index is 2.27. The van der Waals surface area contributed by atoms with E-state index in [0.717, 1.165) is 4.47 Å². The van der Waals surface area contributed by atoms with Crippen LogP contribution in [0.1, 0.15) is 17.3 Å². The fourth-order valence-electron chi connectivity index (χ4n) is 1.46. The molecule has 0 spiro atoms. The molecule has 0 aliphatic rings. The van der Waals surface area contributed by atoms with Crippen LogP contribution in [0.3, 0.4) is 0 Å². The average molecular weight is 309 g/mol. The van der Waals surface area contributed by atoms with Gasteiger partial charge in [-0.3, -0.25) is 4.79 Å². The molecule has 2 rings (SSSR count). The zero-order valence-corrected chi connectivity index (χ0v) is 11.2. The van der Waals surface area contributed by atoms with Crippen LogP contribution < -0.4 is 4.74 Å². The number of carbonyl (C=O) groups excluding carboxylic acids is 1. The van der Waals surface area contributed by atoms with Gasteiger partial charge in [-0.05, 0) is 43.3 Å². The van der Waals surface area contributed by atoms with Crippen LogP contribution in [0.25, 0.3) is 0 Å². The number of hydrogen-bond acceptors (Lipinski definition) is 2. The smallest absolute Gasteiger partial charge is 0.166 e. The van der Waals surface area contributed by atoms with Gasteiger partial charge < -0.3 is 4.74 Å². The highest BCUT2D eigenvalue weighted by Crippen LogP contribution is 2.27. The number of ketones is 1. The lowest BCUT2D eigenvalue weighted by Gasteiger charge is -2.07. The first-order valence-electron chi connectivity index (χ1n) is 5.30. The van der Waals surface area contributed by atoms with E-state index in [1.54, 1.807) is 24.3 Å². The highest BCUT2D eigenvalue weighted by atomic mass is 79.9. The number of benzene rings is 2. The molecule has 0 saturated heterocycles. The molecule has 4 heteroatoms. The molecule has 0 amide bonds. The second-order valence-corrected chi connectivity index (χ2v) is 4.68. The average Bonchev–Trinajstić information content (AvgIpc) is 2.31. The maximum absolute atomic E-state index is 13.7. The Morgan fingerprint density at radius 2 is 2.00 bits per heavy atom. The van der Waals surface area contributed by atoms with Gasteiger partial charge in [-0.15, -0.1) is 0 Å². The van der Waals surface area contributed by atoms with Gasteiger partial charge in [0.2, 0.25) is 0 Å². The Morgan fingerprint density at radius 1 is 1.22 bits per heavy atom. The van der Waals surface area contributed by atoms with E-state index in [1.807, 2.05) is 6.07 Å². The summed E-state index contributed by atoms with van der Waals surface area (Å²) in [6.07, 6.45) is 0. The van der Waals surface area contributed by atoms with Crippen LogP contribution >= 0.6 is 15.9 Å². The zero-order valence-electron chi connectivity index (χ0n) is 9.61. The summed E-state index contributed by atoms with van der Waals surface area (Å²) in [5, 5.41) is 0. The number of rotatable bonds is 3. The molecule has 0 atom stereocenters. The van der Waals surface area contributed by atoms with Crippen molar-refractivity contribution in [2.24, 2.45) is 0 Å². The Kier molecular flexibility index (Phi) is 3.77. The molecular formula is C14H10BrFO2. The Hall–Kier alpha value is -1.68. The largest absolute Gasteiger partial charge is 0.454 e. The lowest BCUT2D eigenvalue weighted by Crippen LogP contribution is -1.95. The number of carbonyl (C=O) groups is 1. The molecule has 0 aromatic heterocycles. The number of hydrogen-bond donors (Lipinski definition) is 0. The summed E-state index contributed by atoms with van der Waals surface area (Å²) in [7, 11) is 0. The first-order chi connectivity index (χ1) is 8.56. The lowest BCUT2D eigenvalue weighted by atomic mass is 10.1. The molecule has 18 heavy (non-hydrogen) atoms. The molecule has 0 saturated carbocycles. The second kappa shape index (κ2) is 5.31. The summed E-state index contributed by atoms with van der Waals surface area (Å²) in [4.78, 5) is 11.1. The number of halogens is 2. The molecule has 0 heterocycles. The van der Waals surface area contributed by atoms with Crippen LogP contribution in [0.2, 0.25) is 0 Å². The minimum atomic E-state index is -0.553. The van der Waals surface area contributed by atoms with Crippen molar-refractivity contribution < 1.29 is 13.9 Å². The molecular weight excluding hydrogens is 299 g/mol. The Labute approximate surface area is 113 Å². The van der Waals surface area contributed by atoms with E-state index in [4.69, 9.17) is 4.74 Å². The van der Waals surface area contributed by atoms with E-state index in [9.17, 15) is 9.18 Å². The quantitative estimate of drug-likeness (QED) is 0.776. The molecule has 2 aromatic carbocycles. The third-order valence-electron chi connectivity index (χ3n) is 2.36. The summed E-state index contributed by atoms with van der Waals surface area (Å²) < 4.78 is 20.0. The number of ether oxygens (including phenoxy) is 1. The van der Waals surface area contributed by atoms with E-state index < -0.39 is 5.82 Å². The van der Waals surface area contributed by atoms with E-state index in [2.05, 4.69) is 15.9 Å². The van der Waals surface area contributed by atoms with Gasteiger partial charge >= 0.3 is 0 Å². The third-order valence-corrected chi connectivity index (χ3v) is 2.86. The molecule has 0 bridgehead atoms. The van der Waals surface area contributed by atoms with E-state index in [0.29, 0.717) is 11.3 Å². The van der Waals surface area contributed by atoms with Gasteiger partial charge in [0.1, 0.15) is 5.75 Å². The summed E-state index contributed by atoms with van der Waals surface area (Å²) in [5.74, 6) is -0.109. The van der Waals surface area contributed by atoms with Gasteiger partial charge in [-0.25, -0.2) is 4.39 Å². The normalized spacial score (nSPS) is 10.2. The minimum absolute atomic E-state index is 0.0955. The van der Waals surface area contributed by atoms with Gasteiger partial charge in [0.25, 0.3) is 0 Å². The van der Waals surface area contributed by atoms with Crippen molar-refractivity contribution in [2.75, 3.05) is 0 Å². The predicted molar refractivity (Wildman–Crippen MR) is 70.6 cm³/mol. The highest BCUT2D eigenvalue weighted by Gasteiger charge is 2.08. The van der Waals surface area contributed by atoms with E-state index >= 15 is 0 Å². The van der Waals surface area contributed by atoms with E-state index in [-0.39, 0.29) is 11.5 Å². The Morgan fingerprint density at radius 3 is 2.61 bits per heavy atom. The van der Waals surface area contributed by atoms with Crippen molar-refractivity contribution in [1.29, 1.82) is 0 Å². The minimum Gasteiger partial charge on any atom is -0.454 e. The molecule has 0 aliphatic carbocycles. The van der Waals surface area contributed by atoms with Gasteiger partial charge in [0, 0.05) is 10.0 Å². The fraction of sp³-hybridized carbons (Fsp3) is 0.0714. The van der Waals surface area contributed by atoms with Crippen LogP contribution in [0.4, 0.5) is 4.39 Å². The van der Waals surface area contributed by atoms with Crippen LogP contribution in [0.5, 0.6) is 11.5 Å². The number of Topliss-reactive ketones (excluding diaryl/α,β-unsaturated/α-hetero) is 1. The molecule has 2 aromatic rings. The summed E-state index contributed by atoms with van der Waals surface area (Å²) in [6, 6.07) is 11.3. The summed E-state index contributed by atoms with van der Waals surface area (Å²) in [6.45, 7) is 1.39. The van der Waals surface area contributed by atoms with Crippen LogP contribution in [-0.2, 0) is 0 Å². The first kappa shape index (κ1) is 12.8. The van der Waals surface area contributed by atoms with Crippen molar-refractivity contribution in [1.82, 2.24) is 0 Å². The van der Waals surface area contributed by atoms with Gasteiger partial charge in [0.15, 0.2) is 17.3 Å². The predicted octanol–water partition coefficient (Wildman–Crippen LogP) is 4.58. The highest BCUT2D eigenvalue weighted by molar-refractivity contribution is 9.10. The van der Waals surface area contributed by atoms with E-state index in [1.165, 1.54) is 19.1 Å². The lowest BCUT2D eigenvalue weighted by molar-refractivity contribution is 0.101.